The Morgan fingerprint density at radius 2 is 1.29 bits per heavy atom. The highest BCUT2D eigenvalue weighted by molar-refractivity contribution is 7.31. The number of thiophene rings is 2. The summed E-state index contributed by atoms with van der Waals surface area (Å²) in [6, 6.07) is 18.7. The summed E-state index contributed by atoms with van der Waals surface area (Å²) in [5.41, 5.74) is 8.16. The van der Waals surface area contributed by atoms with Crippen molar-refractivity contribution in [2.24, 2.45) is 0 Å². The van der Waals surface area contributed by atoms with Gasteiger partial charge in [0.25, 0.3) is 0 Å². The highest BCUT2D eigenvalue weighted by Gasteiger charge is 2.25. The molecule has 2 unspecified atom stereocenters. The third-order valence-electron chi connectivity index (χ3n) is 6.76. The fraction of sp³-hybridized carbons (Fsp3) is 0.267. The summed E-state index contributed by atoms with van der Waals surface area (Å²) in [6.45, 7) is 9.16. The molecule has 2 aromatic carbocycles. The van der Waals surface area contributed by atoms with Gasteiger partial charge in [-0.25, -0.2) is 0 Å². The van der Waals surface area contributed by atoms with Crippen LogP contribution in [0.15, 0.2) is 60.7 Å². The number of benzene rings is 2. The first-order valence-corrected chi connectivity index (χ1v) is 17.2. The first-order chi connectivity index (χ1) is 16.3. The second-order valence-electron chi connectivity index (χ2n) is 10.5. The fourth-order valence-corrected chi connectivity index (χ4v) is 8.56. The number of hydrogen-bond acceptors (Lipinski definition) is 3. The van der Waals surface area contributed by atoms with Gasteiger partial charge >= 0.3 is 0 Å². The number of fused-ring (bicyclic) bond motifs is 3. The van der Waals surface area contributed by atoms with Crippen LogP contribution in [0.25, 0.3) is 42.4 Å². The van der Waals surface area contributed by atoms with E-state index in [1.54, 1.807) is 0 Å². The van der Waals surface area contributed by atoms with Crippen LogP contribution in [0.2, 0.25) is 19.6 Å². The lowest BCUT2D eigenvalue weighted by Gasteiger charge is -2.29. The van der Waals surface area contributed by atoms with Crippen LogP contribution >= 0.6 is 22.7 Å². The largest absolute Gasteiger partial charge is 0.410 e. The van der Waals surface area contributed by atoms with Crippen LogP contribution in [0, 0.1) is 0 Å². The average molecular weight is 499 g/mol. The molecule has 0 saturated heterocycles. The first-order valence-electron chi connectivity index (χ1n) is 12.2. The van der Waals surface area contributed by atoms with Crippen molar-refractivity contribution in [2.45, 2.75) is 51.4 Å². The molecule has 0 bridgehead atoms. The Morgan fingerprint density at radius 1 is 0.735 bits per heavy atom. The van der Waals surface area contributed by atoms with Gasteiger partial charge in [-0.05, 0) is 96.0 Å². The predicted octanol–water partition coefficient (Wildman–Crippen LogP) is 10.1. The second-order valence-corrected chi connectivity index (χ2v) is 17.2. The van der Waals surface area contributed by atoms with E-state index in [1.165, 1.54) is 52.5 Å². The lowest BCUT2D eigenvalue weighted by Crippen LogP contribution is -2.28. The summed E-state index contributed by atoms with van der Waals surface area (Å²) < 4.78 is 9.31. The zero-order valence-corrected chi connectivity index (χ0v) is 22.9. The fourth-order valence-electron chi connectivity index (χ4n) is 5.10. The van der Waals surface area contributed by atoms with Crippen LogP contribution in [0.5, 0.6) is 0 Å². The Kier molecular flexibility index (Phi) is 5.53. The molecule has 0 saturated carbocycles. The van der Waals surface area contributed by atoms with Gasteiger partial charge in [0.05, 0.1) is 6.10 Å². The predicted molar refractivity (Wildman–Crippen MR) is 153 cm³/mol. The minimum absolute atomic E-state index is 0.181. The lowest BCUT2D eigenvalue weighted by atomic mass is 9.87. The maximum absolute atomic E-state index is 6.54. The third-order valence-corrected chi connectivity index (χ3v) is 10.1. The molecule has 2 aliphatic rings. The van der Waals surface area contributed by atoms with E-state index < -0.39 is 8.32 Å². The van der Waals surface area contributed by atoms with Crippen molar-refractivity contribution >= 4 is 52.5 Å². The third kappa shape index (κ3) is 4.18. The molecule has 34 heavy (non-hydrogen) atoms. The molecule has 2 aromatic heterocycles. The van der Waals surface area contributed by atoms with Gasteiger partial charge in [0.1, 0.15) is 0 Å². The number of hydrogen-bond donors (Lipinski definition) is 0. The summed E-state index contributed by atoms with van der Waals surface area (Å²) in [7, 11) is -1.61. The Balaban J connectivity index is 1.32. The highest BCUT2D eigenvalue weighted by Crippen LogP contribution is 2.44. The quantitative estimate of drug-likeness (QED) is 0.254. The van der Waals surface area contributed by atoms with Crippen molar-refractivity contribution in [3.8, 4) is 20.9 Å². The van der Waals surface area contributed by atoms with Gasteiger partial charge < -0.3 is 4.43 Å². The van der Waals surface area contributed by atoms with E-state index in [-0.39, 0.29) is 6.10 Å². The Labute approximate surface area is 211 Å². The zero-order valence-electron chi connectivity index (χ0n) is 20.2. The molecule has 0 aliphatic heterocycles. The van der Waals surface area contributed by atoms with E-state index >= 15 is 0 Å². The Morgan fingerprint density at radius 3 is 1.91 bits per heavy atom. The molecular weight excluding hydrogens is 469 g/mol. The molecule has 1 nitrogen and oxygen atoms in total. The summed E-state index contributed by atoms with van der Waals surface area (Å²) >= 11 is 3.83. The van der Waals surface area contributed by atoms with E-state index in [2.05, 4.69) is 99.4 Å². The molecule has 4 heteroatoms. The van der Waals surface area contributed by atoms with E-state index in [0.717, 1.165) is 12.8 Å². The molecular formula is C30H30OS2Si. The van der Waals surface area contributed by atoms with E-state index in [9.17, 15) is 0 Å². The van der Waals surface area contributed by atoms with Crippen molar-refractivity contribution in [3.05, 3.63) is 82.9 Å². The Bertz CT molecular complexity index is 1410. The van der Waals surface area contributed by atoms with E-state index in [4.69, 9.17) is 4.43 Å². The molecule has 6 rings (SSSR count). The topological polar surface area (TPSA) is 9.23 Å². The molecule has 4 aromatic rings. The molecule has 0 fully saturated rings. The molecule has 0 N–H and O–H groups in total. The van der Waals surface area contributed by atoms with Crippen molar-refractivity contribution < 1.29 is 4.43 Å². The minimum Gasteiger partial charge on any atom is -0.410 e. The van der Waals surface area contributed by atoms with E-state index in [1.807, 2.05) is 22.7 Å². The lowest BCUT2D eigenvalue weighted by molar-refractivity contribution is 0.200. The summed E-state index contributed by atoms with van der Waals surface area (Å²) in [6.07, 6.45) is 11.4. The first kappa shape index (κ1) is 22.2. The average Bonchev–Trinajstić information content (AvgIpc) is 3.38. The molecule has 2 aliphatic carbocycles. The Hall–Kier alpha value is -2.24. The molecule has 2 heterocycles. The maximum Gasteiger partial charge on any atom is 0.184 e. The number of rotatable bonds is 4. The van der Waals surface area contributed by atoms with Gasteiger partial charge in [0, 0.05) is 19.2 Å². The van der Waals surface area contributed by atoms with Gasteiger partial charge in [-0.1, -0.05) is 55.5 Å². The SMILES string of the molecule is CC1CC=Cc2ccc(-c3cc4sc(-c5ccc6c(c5)C(O[Si](C)(C)C)CC=C6)cc4s3)cc21. The van der Waals surface area contributed by atoms with Crippen molar-refractivity contribution in [2.75, 3.05) is 0 Å². The van der Waals surface area contributed by atoms with Crippen molar-refractivity contribution in [3.63, 3.8) is 0 Å². The summed E-state index contributed by atoms with van der Waals surface area (Å²) in [5, 5.41) is 0. The van der Waals surface area contributed by atoms with Crippen LogP contribution in [0.3, 0.4) is 0 Å². The van der Waals surface area contributed by atoms with Gasteiger partial charge in [0.15, 0.2) is 8.32 Å². The van der Waals surface area contributed by atoms with Crippen LogP contribution in [-0.4, -0.2) is 8.32 Å². The highest BCUT2D eigenvalue weighted by atomic mass is 32.1. The molecule has 0 spiro atoms. The van der Waals surface area contributed by atoms with Crippen LogP contribution in [0.4, 0.5) is 0 Å². The van der Waals surface area contributed by atoms with Crippen molar-refractivity contribution in [1.29, 1.82) is 0 Å². The molecule has 2 atom stereocenters. The van der Waals surface area contributed by atoms with E-state index in [0.29, 0.717) is 5.92 Å². The van der Waals surface area contributed by atoms with Gasteiger partial charge in [-0.2, -0.15) is 0 Å². The van der Waals surface area contributed by atoms with Crippen LogP contribution in [-0.2, 0) is 4.43 Å². The summed E-state index contributed by atoms with van der Waals surface area (Å²) in [4.78, 5) is 2.72. The minimum atomic E-state index is -1.61. The van der Waals surface area contributed by atoms with Gasteiger partial charge in [-0.15, -0.1) is 22.7 Å². The molecule has 0 radical (unpaired) electrons. The normalized spacial score (nSPS) is 19.4. The standard InChI is InChI=1S/C30H30OS2Si/c1-19-7-5-8-20-11-13-22(15-24(19)20)27-17-29-30(32-27)18-28(33-29)23-14-12-21-9-6-10-26(25(21)16-23)31-34(2,3)4/h5-6,8-9,11-19,26H,7,10H2,1-4H3. The maximum atomic E-state index is 6.54. The van der Waals surface area contributed by atoms with Crippen molar-refractivity contribution in [1.82, 2.24) is 0 Å². The molecule has 0 amide bonds. The number of allylic oxidation sites excluding steroid dienone is 1. The zero-order chi connectivity index (χ0) is 23.4. The van der Waals surface area contributed by atoms with Gasteiger partial charge in [-0.3, -0.25) is 0 Å². The monoisotopic (exact) mass is 498 g/mol. The van der Waals surface area contributed by atoms with Gasteiger partial charge in [0.2, 0.25) is 0 Å². The van der Waals surface area contributed by atoms with Crippen LogP contribution < -0.4 is 0 Å². The smallest absolute Gasteiger partial charge is 0.184 e. The van der Waals surface area contributed by atoms with Crippen LogP contribution in [0.1, 0.15) is 54.0 Å². The second kappa shape index (κ2) is 8.45. The summed E-state index contributed by atoms with van der Waals surface area (Å²) in [5.74, 6) is 0.597. The molecule has 172 valence electrons.